The fourth-order valence-electron chi connectivity index (χ4n) is 1.87. The summed E-state index contributed by atoms with van der Waals surface area (Å²) in [6, 6.07) is 9.38. The monoisotopic (exact) mass is 340 g/mol. The van der Waals surface area contributed by atoms with Crippen LogP contribution in [0.3, 0.4) is 0 Å². The molecule has 0 saturated carbocycles. The van der Waals surface area contributed by atoms with Gasteiger partial charge >= 0.3 is 5.97 Å². The number of carbonyl (C=O) groups is 1. The van der Waals surface area contributed by atoms with Crippen LogP contribution in [0.1, 0.15) is 16.4 Å². The molecule has 1 N–H and O–H groups in total. The second-order valence-electron chi connectivity index (χ2n) is 4.08. The van der Waals surface area contributed by atoms with Crippen molar-refractivity contribution in [1.29, 1.82) is 0 Å². The molecule has 1 heterocycles. The topological polar surface area (TPSA) is 46.5 Å². The summed E-state index contributed by atoms with van der Waals surface area (Å²) in [5.41, 5.74) is 0.966. The van der Waals surface area contributed by atoms with Crippen molar-refractivity contribution in [1.82, 2.24) is 0 Å². The first kappa shape index (κ1) is 14.1. The van der Waals surface area contributed by atoms with Crippen LogP contribution in [0, 0.1) is 0 Å². The minimum absolute atomic E-state index is 0.471. The Hall–Kier alpha value is -1.33. The minimum Gasteiger partial charge on any atom is -0.496 e. The van der Waals surface area contributed by atoms with E-state index in [9.17, 15) is 9.90 Å². The van der Waals surface area contributed by atoms with E-state index >= 15 is 0 Å². The van der Waals surface area contributed by atoms with Gasteiger partial charge in [0.25, 0.3) is 0 Å². The molecule has 0 bridgehead atoms. The Morgan fingerprint density at radius 1 is 1.47 bits per heavy atom. The van der Waals surface area contributed by atoms with Crippen molar-refractivity contribution in [2.75, 3.05) is 7.11 Å². The SMILES string of the molecule is COc1ccc(CC(C(=O)O)c2cccs2)cc1Br. The summed E-state index contributed by atoms with van der Waals surface area (Å²) in [5, 5.41) is 11.2. The average Bonchev–Trinajstić information content (AvgIpc) is 2.89. The molecule has 5 heteroatoms. The third-order valence-electron chi connectivity index (χ3n) is 2.84. The molecular weight excluding hydrogens is 328 g/mol. The van der Waals surface area contributed by atoms with Crippen LogP contribution in [0.25, 0.3) is 0 Å². The number of hydrogen-bond donors (Lipinski definition) is 1. The van der Waals surface area contributed by atoms with Crippen molar-refractivity contribution >= 4 is 33.2 Å². The van der Waals surface area contributed by atoms with Crippen LogP contribution in [0.4, 0.5) is 0 Å². The lowest BCUT2D eigenvalue weighted by Gasteiger charge is -2.12. The molecule has 0 saturated heterocycles. The van der Waals surface area contributed by atoms with E-state index in [0.717, 1.165) is 20.7 Å². The second-order valence-corrected chi connectivity index (χ2v) is 5.91. The first-order chi connectivity index (χ1) is 9.11. The number of benzene rings is 1. The fourth-order valence-corrected chi connectivity index (χ4v) is 3.28. The van der Waals surface area contributed by atoms with Crippen LogP contribution in [0.15, 0.2) is 40.2 Å². The standard InChI is InChI=1S/C14H13BrO3S/c1-18-12-5-4-9(8-11(12)15)7-10(14(16)17)13-3-2-6-19-13/h2-6,8,10H,7H2,1H3,(H,16,17). The highest BCUT2D eigenvalue weighted by Crippen LogP contribution is 2.30. The summed E-state index contributed by atoms with van der Waals surface area (Å²) in [6.45, 7) is 0. The van der Waals surface area contributed by atoms with Crippen LogP contribution in [-0.2, 0) is 11.2 Å². The predicted molar refractivity (Wildman–Crippen MR) is 79.1 cm³/mol. The molecule has 2 aromatic rings. The van der Waals surface area contributed by atoms with E-state index in [0.29, 0.717) is 6.42 Å². The van der Waals surface area contributed by atoms with Crippen molar-refractivity contribution < 1.29 is 14.6 Å². The molecule has 1 unspecified atom stereocenters. The lowest BCUT2D eigenvalue weighted by Crippen LogP contribution is -2.13. The zero-order chi connectivity index (χ0) is 13.8. The predicted octanol–water partition coefficient (Wildman–Crippen LogP) is 3.93. The first-order valence-electron chi connectivity index (χ1n) is 5.70. The lowest BCUT2D eigenvalue weighted by molar-refractivity contribution is -0.138. The maximum atomic E-state index is 11.4. The summed E-state index contributed by atoms with van der Waals surface area (Å²) in [5.74, 6) is -0.554. The normalized spacial score (nSPS) is 12.1. The Kier molecular flexibility index (Phi) is 4.61. The van der Waals surface area contributed by atoms with Crippen molar-refractivity contribution in [2.45, 2.75) is 12.3 Å². The van der Waals surface area contributed by atoms with Crippen molar-refractivity contribution in [2.24, 2.45) is 0 Å². The van der Waals surface area contributed by atoms with Gasteiger partial charge in [0.05, 0.1) is 17.5 Å². The van der Waals surface area contributed by atoms with Gasteiger partial charge in [-0.2, -0.15) is 0 Å². The highest BCUT2D eigenvalue weighted by atomic mass is 79.9. The number of carboxylic acids is 1. The molecule has 1 aromatic carbocycles. The van der Waals surface area contributed by atoms with Crippen LogP contribution < -0.4 is 4.74 Å². The minimum atomic E-state index is -0.797. The Bertz CT molecular complexity index is 566. The molecule has 0 radical (unpaired) electrons. The molecule has 0 amide bonds. The number of methoxy groups -OCH3 is 1. The Balaban J connectivity index is 2.23. The van der Waals surface area contributed by atoms with E-state index in [1.165, 1.54) is 11.3 Å². The number of hydrogen-bond acceptors (Lipinski definition) is 3. The van der Waals surface area contributed by atoms with Gasteiger partial charge in [-0.1, -0.05) is 12.1 Å². The average molecular weight is 341 g/mol. The summed E-state index contributed by atoms with van der Waals surface area (Å²) in [7, 11) is 1.60. The number of rotatable bonds is 5. The maximum Gasteiger partial charge on any atom is 0.312 e. The van der Waals surface area contributed by atoms with E-state index in [4.69, 9.17) is 4.74 Å². The molecule has 0 spiro atoms. The number of aliphatic carboxylic acids is 1. The Labute approximate surface area is 124 Å². The highest BCUT2D eigenvalue weighted by molar-refractivity contribution is 9.10. The molecular formula is C14H13BrO3S. The molecule has 19 heavy (non-hydrogen) atoms. The van der Waals surface area contributed by atoms with Crippen molar-refractivity contribution in [3.8, 4) is 5.75 Å². The smallest absolute Gasteiger partial charge is 0.312 e. The lowest BCUT2D eigenvalue weighted by atomic mass is 9.98. The Morgan fingerprint density at radius 2 is 2.26 bits per heavy atom. The number of ether oxygens (including phenoxy) is 1. The van der Waals surface area contributed by atoms with Gasteiger partial charge < -0.3 is 9.84 Å². The van der Waals surface area contributed by atoms with Crippen LogP contribution in [-0.4, -0.2) is 18.2 Å². The van der Waals surface area contributed by atoms with Crippen LogP contribution >= 0.6 is 27.3 Å². The molecule has 3 nitrogen and oxygen atoms in total. The summed E-state index contributed by atoms with van der Waals surface area (Å²) in [6.07, 6.45) is 0.471. The Morgan fingerprint density at radius 3 is 2.79 bits per heavy atom. The molecule has 0 aliphatic carbocycles. The van der Waals surface area contributed by atoms with Gasteiger partial charge in [-0.3, -0.25) is 4.79 Å². The van der Waals surface area contributed by atoms with E-state index in [1.807, 2.05) is 35.7 Å². The van der Waals surface area contributed by atoms with Gasteiger partial charge in [-0.05, 0) is 51.5 Å². The molecule has 1 aromatic heterocycles. The van der Waals surface area contributed by atoms with Gasteiger partial charge in [-0.15, -0.1) is 11.3 Å². The maximum absolute atomic E-state index is 11.4. The first-order valence-corrected chi connectivity index (χ1v) is 7.37. The highest BCUT2D eigenvalue weighted by Gasteiger charge is 2.21. The van der Waals surface area contributed by atoms with Crippen LogP contribution in [0.5, 0.6) is 5.75 Å². The quantitative estimate of drug-likeness (QED) is 0.896. The van der Waals surface area contributed by atoms with E-state index < -0.39 is 11.9 Å². The summed E-state index contributed by atoms with van der Waals surface area (Å²) >= 11 is 4.89. The van der Waals surface area contributed by atoms with Gasteiger partial charge in [0.15, 0.2) is 0 Å². The van der Waals surface area contributed by atoms with Crippen molar-refractivity contribution in [3.05, 3.63) is 50.6 Å². The van der Waals surface area contributed by atoms with E-state index in [1.54, 1.807) is 7.11 Å². The zero-order valence-corrected chi connectivity index (χ0v) is 12.7. The van der Waals surface area contributed by atoms with Crippen LogP contribution in [0.2, 0.25) is 0 Å². The van der Waals surface area contributed by atoms with E-state index in [-0.39, 0.29) is 0 Å². The molecule has 0 aliphatic rings. The molecule has 0 fully saturated rings. The van der Waals surface area contributed by atoms with Gasteiger partial charge in [0.1, 0.15) is 5.75 Å². The number of carboxylic acid groups (broad SMARTS) is 1. The summed E-state index contributed by atoms with van der Waals surface area (Å²) < 4.78 is 6.00. The van der Waals surface area contributed by atoms with Gasteiger partial charge in [-0.25, -0.2) is 0 Å². The summed E-state index contributed by atoms with van der Waals surface area (Å²) in [4.78, 5) is 12.3. The van der Waals surface area contributed by atoms with Crippen molar-refractivity contribution in [3.63, 3.8) is 0 Å². The van der Waals surface area contributed by atoms with E-state index in [2.05, 4.69) is 15.9 Å². The molecule has 100 valence electrons. The molecule has 1 atom stereocenters. The third-order valence-corrected chi connectivity index (χ3v) is 4.45. The van der Waals surface area contributed by atoms with Gasteiger partial charge in [0.2, 0.25) is 0 Å². The molecule has 0 aliphatic heterocycles. The molecule has 2 rings (SSSR count). The number of halogens is 1. The fraction of sp³-hybridized carbons (Fsp3) is 0.214. The second kappa shape index (κ2) is 6.21. The van der Waals surface area contributed by atoms with Gasteiger partial charge in [0, 0.05) is 4.88 Å². The zero-order valence-electron chi connectivity index (χ0n) is 10.3. The largest absolute Gasteiger partial charge is 0.496 e. The number of thiophene rings is 1. The third kappa shape index (κ3) is 3.36.